The highest BCUT2D eigenvalue weighted by molar-refractivity contribution is 6.26. The Bertz CT molecular complexity index is 405. The first kappa shape index (κ1) is 9.72. The molecule has 0 aromatic heterocycles. The van der Waals surface area contributed by atoms with Crippen LogP contribution in [0.5, 0.6) is 0 Å². The molecule has 0 fully saturated rings. The highest BCUT2D eigenvalue weighted by Crippen LogP contribution is 2.42. The Kier molecular flexibility index (Phi) is 2.15. The fourth-order valence-corrected chi connectivity index (χ4v) is 2.33. The molecule has 74 valence electrons. The van der Waals surface area contributed by atoms with Crippen LogP contribution in [-0.4, -0.2) is 5.71 Å². The Morgan fingerprint density at radius 1 is 1.36 bits per heavy atom. The molecule has 1 nitrogen and oxygen atoms in total. The molecular weight excluding hydrogens is 194 g/mol. The van der Waals surface area contributed by atoms with Crippen molar-refractivity contribution < 1.29 is 0 Å². The van der Waals surface area contributed by atoms with Crippen molar-refractivity contribution in [3.63, 3.8) is 0 Å². The summed E-state index contributed by atoms with van der Waals surface area (Å²) in [5.41, 5.74) is 4.53. The lowest BCUT2D eigenvalue weighted by atomic mass is 9.89. The van der Waals surface area contributed by atoms with Crippen molar-refractivity contribution in [3.05, 3.63) is 29.3 Å². The minimum atomic E-state index is -0.285. The molecule has 0 aliphatic carbocycles. The summed E-state index contributed by atoms with van der Waals surface area (Å²) in [7, 11) is 0. The van der Waals surface area contributed by atoms with Gasteiger partial charge in [0.25, 0.3) is 0 Å². The molecule has 2 rings (SSSR count). The van der Waals surface area contributed by atoms with Gasteiger partial charge in [0, 0.05) is 12.1 Å². The van der Waals surface area contributed by atoms with E-state index in [2.05, 4.69) is 31.0 Å². The van der Waals surface area contributed by atoms with Gasteiger partial charge in [0.1, 0.15) is 0 Å². The third-order valence-corrected chi connectivity index (χ3v) is 2.95. The molecule has 0 spiro atoms. The van der Waals surface area contributed by atoms with E-state index in [1.165, 1.54) is 5.56 Å². The summed E-state index contributed by atoms with van der Waals surface area (Å²) in [6, 6.07) is 6.26. The van der Waals surface area contributed by atoms with Crippen LogP contribution in [0.1, 0.15) is 31.4 Å². The zero-order valence-electron chi connectivity index (χ0n) is 8.76. The van der Waals surface area contributed by atoms with Gasteiger partial charge in [0.15, 0.2) is 0 Å². The number of hydrogen-bond donors (Lipinski definition) is 0. The molecule has 14 heavy (non-hydrogen) atoms. The monoisotopic (exact) mass is 207 g/mol. The third kappa shape index (κ3) is 1.57. The lowest BCUT2D eigenvalue weighted by molar-refractivity contribution is 0.699. The Morgan fingerprint density at radius 2 is 2.07 bits per heavy atom. The molecule has 2 heteroatoms. The topological polar surface area (TPSA) is 12.4 Å². The van der Waals surface area contributed by atoms with E-state index in [4.69, 9.17) is 11.6 Å². The second-order valence-electron chi connectivity index (χ2n) is 4.24. The van der Waals surface area contributed by atoms with E-state index in [9.17, 15) is 0 Å². The molecule has 0 saturated heterocycles. The zero-order chi connectivity index (χ0) is 10.3. The second-order valence-corrected chi connectivity index (χ2v) is 5.08. The number of halogens is 1. The van der Waals surface area contributed by atoms with E-state index >= 15 is 0 Å². The SMILES string of the molecule is CC1=Nc2ccc(C)cc2C(C)(Cl)C1. The lowest BCUT2D eigenvalue weighted by Gasteiger charge is -2.28. The Balaban J connectivity index is 2.64. The first-order valence-corrected chi connectivity index (χ1v) is 5.21. The van der Waals surface area contributed by atoms with Crippen LogP contribution in [0.15, 0.2) is 23.2 Å². The largest absolute Gasteiger partial charge is 0.258 e. The number of aryl methyl sites for hydroxylation is 1. The van der Waals surface area contributed by atoms with Crippen molar-refractivity contribution in [2.24, 2.45) is 4.99 Å². The van der Waals surface area contributed by atoms with Crippen LogP contribution in [0, 0.1) is 6.92 Å². The van der Waals surface area contributed by atoms with Crippen LogP contribution in [-0.2, 0) is 4.87 Å². The number of fused-ring (bicyclic) bond motifs is 1. The molecule has 1 unspecified atom stereocenters. The van der Waals surface area contributed by atoms with Crippen molar-refractivity contribution in [1.82, 2.24) is 0 Å². The minimum Gasteiger partial charge on any atom is -0.258 e. The summed E-state index contributed by atoms with van der Waals surface area (Å²) in [5, 5.41) is 0. The average Bonchev–Trinajstić information content (AvgIpc) is 2.05. The van der Waals surface area contributed by atoms with Crippen LogP contribution in [0.2, 0.25) is 0 Å². The highest BCUT2D eigenvalue weighted by atomic mass is 35.5. The van der Waals surface area contributed by atoms with Crippen molar-refractivity contribution in [1.29, 1.82) is 0 Å². The molecule has 1 atom stereocenters. The van der Waals surface area contributed by atoms with Crippen LogP contribution in [0.3, 0.4) is 0 Å². The summed E-state index contributed by atoms with van der Waals surface area (Å²) < 4.78 is 0. The molecule has 1 aromatic carbocycles. The average molecular weight is 208 g/mol. The zero-order valence-corrected chi connectivity index (χ0v) is 9.52. The number of hydrogen-bond acceptors (Lipinski definition) is 1. The molecule has 1 aromatic rings. The molecule has 1 aliphatic rings. The maximum Gasteiger partial charge on any atom is 0.0739 e. The van der Waals surface area contributed by atoms with Crippen molar-refractivity contribution in [3.8, 4) is 0 Å². The Hall–Kier alpha value is -0.820. The molecule has 0 saturated carbocycles. The summed E-state index contributed by atoms with van der Waals surface area (Å²) in [5.74, 6) is 0. The van der Waals surface area contributed by atoms with Gasteiger partial charge in [-0.05, 0) is 32.4 Å². The van der Waals surface area contributed by atoms with Crippen molar-refractivity contribution >= 4 is 23.0 Å². The minimum absolute atomic E-state index is 0.285. The summed E-state index contributed by atoms with van der Waals surface area (Å²) in [4.78, 5) is 4.23. The van der Waals surface area contributed by atoms with Gasteiger partial charge in [-0.3, -0.25) is 4.99 Å². The summed E-state index contributed by atoms with van der Waals surface area (Å²) in [6.45, 7) is 6.17. The van der Waals surface area contributed by atoms with Crippen LogP contribution in [0.4, 0.5) is 5.69 Å². The number of benzene rings is 1. The van der Waals surface area contributed by atoms with Gasteiger partial charge >= 0.3 is 0 Å². The highest BCUT2D eigenvalue weighted by Gasteiger charge is 2.30. The maximum absolute atomic E-state index is 6.49. The molecule has 1 heterocycles. The third-order valence-electron chi connectivity index (χ3n) is 2.61. The second kappa shape index (κ2) is 3.09. The van der Waals surface area contributed by atoms with Crippen molar-refractivity contribution in [2.45, 2.75) is 32.1 Å². The van der Waals surface area contributed by atoms with Gasteiger partial charge < -0.3 is 0 Å². The van der Waals surface area contributed by atoms with Gasteiger partial charge in [-0.1, -0.05) is 17.7 Å². The fourth-order valence-electron chi connectivity index (χ4n) is 1.99. The van der Waals surface area contributed by atoms with Gasteiger partial charge in [0.05, 0.1) is 10.6 Å². The quantitative estimate of drug-likeness (QED) is 0.572. The molecule has 0 bridgehead atoms. The Morgan fingerprint density at radius 3 is 2.79 bits per heavy atom. The number of rotatable bonds is 0. The molecular formula is C12H14ClN. The van der Waals surface area contributed by atoms with Gasteiger partial charge in [-0.2, -0.15) is 0 Å². The normalized spacial score (nSPS) is 25.6. The van der Waals surface area contributed by atoms with E-state index in [0.29, 0.717) is 0 Å². The van der Waals surface area contributed by atoms with Gasteiger partial charge in [-0.25, -0.2) is 0 Å². The van der Waals surface area contributed by atoms with E-state index in [1.54, 1.807) is 0 Å². The van der Waals surface area contributed by atoms with Crippen LogP contribution < -0.4 is 0 Å². The molecule has 0 N–H and O–H groups in total. The van der Waals surface area contributed by atoms with E-state index in [0.717, 1.165) is 23.4 Å². The smallest absolute Gasteiger partial charge is 0.0739 e. The number of alkyl halides is 1. The predicted octanol–water partition coefficient (Wildman–Crippen LogP) is 3.95. The standard InChI is InChI=1S/C12H14ClN/c1-8-4-5-11-10(6-8)12(3,13)7-9(2)14-11/h4-6H,7H2,1-3H3. The molecule has 1 aliphatic heterocycles. The first-order valence-electron chi connectivity index (χ1n) is 4.83. The Labute approximate surface area is 89.8 Å². The van der Waals surface area contributed by atoms with Gasteiger partial charge in [0.2, 0.25) is 0 Å². The van der Waals surface area contributed by atoms with Gasteiger partial charge in [-0.15, -0.1) is 11.6 Å². The lowest BCUT2D eigenvalue weighted by Crippen LogP contribution is -2.21. The number of aliphatic imine (C=N–C) groups is 1. The van der Waals surface area contributed by atoms with Crippen molar-refractivity contribution in [2.75, 3.05) is 0 Å². The fraction of sp³-hybridized carbons (Fsp3) is 0.417. The van der Waals surface area contributed by atoms with Crippen LogP contribution in [0.25, 0.3) is 0 Å². The first-order chi connectivity index (χ1) is 6.49. The molecule has 0 radical (unpaired) electrons. The molecule has 0 amide bonds. The summed E-state index contributed by atoms with van der Waals surface area (Å²) >= 11 is 6.49. The van der Waals surface area contributed by atoms with E-state index in [1.807, 2.05) is 13.0 Å². The van der Waals surface area contributed by atoms with E-state index in [-0.39, 0.29) is 4.87 Å². The van der Waals surface area contributed by atoms with Crippen LogP contribution >= 0.6 is 11.6 Å². The summed E-state index contributed by atoms with van der Waals surface area (Å²) in [6.07, 6.45) is 0.838. The maximum atomic E-state index is 6.49. The predicted molar refractivity (Wildman–Crippen MR) is 61.8 cm³/mol. The van der Waals surface area contributed by atoms with E-state index < -0.39 is 0 Å². The number of nitrogens with zero attached hydrogens (tertiary/aromatic N) is 1.